The molecule has 0 atom stereocenters. The Morgan fingerprint density at radius 2 is 1.33 bits per heavy atom. The van der Waals surface area contributed by atoms with Gasteiger partial charge in [-0.05, 0) is 136 Å². The molecule has 0 unspecified atom stereocenters. The fourth-order valence-electron chi connectivity index (χ4n) is 5.06. The Balaban J connectivity index is 0.000000130. The second kappa shape index (κ2) is 7.94. The predicted octanol–water partition coefficient (Wildman–Crippen LogP) is 7.12. The minimum Gasteiger partial charge on any atom is -0.398 e. The minimum atomic E-state index is -0.222. The van der Waals surface area contributed by atoms with Gasteiger partial charge >= 0.3 is 0 Å². The third kappa shape index (κ3) is 3.70. The van der Waals surface area contributed by atoms with Crippen molar-refractivity contribution in [2.45, 2.75) is 76.0 Å². The zero-order chi connectivity index (χ0) is 21.0. The Morgan fingerprint density at radius 3 is 1.87 bits per heavy atom. The van der Waals surface area contributed by atoms with Crippen molar-refractivity contribution in [1.82, 2.24) is 0 Å². The number of nitro benzene ring substituents is 1. The lowest BCUT2D eigenvalue weighted by atomic mass is 10.0. The molecule has 0 heterocycles. The van der Waals surface area contributed by atoms with Gasteiger partial charge in [0.2, 0.25) is 0 Å². The first kappa shape index (κ1) is 20.5. The lowest BCUT2D eigenvalue weighted by Gasteiger charge is -2.11. The molecule has 4 aliphatic rings. The highest BCUT2D eigenvalue weighted by Gasteiger charge is 2.34. The molecule has 30 heavy (non-hydrogen) atoms. The fourth-order valence-corrected chi connectivity index (χ4v) is 6.56. The maximum absolute atomic E-state index is 11.2. The summed E-state index contributed by atoms with van der Waals surface area (Å²) in [6, 6.07) is 4.58. The molecule has 0 amide bonds. The average molecular weight is 534 g/mol. The number of anilines is 1. The molecule has 158 valence electrons. The highest BCUT2D eigenvalue weighted by atomic mass is 79.9. The van der Waals surface area contributed by atoms with Crippen molar-refractivity contribution in [2.75, 3.05) is 5.73 Å². The zero-order valence-corrected chi connectivity index (χ0v) is 20.1. The van der Waals surface area contributed by atoms with E-state index in [0.29, 0.717) is 11.6 Å². The maximum Gasteiger partial charge on any atom is 0.287 e. The molecular weight excluding hydrogens is 508 g/mol. The van der Waals surface area contributed by atoms with Crippen LogP contribution >= 0.6 is 31.9 Å². The van der Waals surface area contributed by atoms with Crippen LogP contribution in [0.5, 0.6) is 0 Å². The summed E-state index contributed by atoms with van der Waals surface area (Å²) in [6.07, 6.45) is 11.6. The van der Waals surface area contributed by atoms with Gasteiger partial charge in [-0.25, -0.2) is 0 Å². The molecule has 0 saturated heterocycles. The average Bonchev–Trinajstić information content (AvgIpc) is 3.64. The number of rotatable bonds is 3. The van der Waals surface area contributed by atoms with Crippen LogP contribution in [0.25, 0.3) is 0 Å². The largest absolute Gasteiger partial charge is 0.398 e. The molecule has 2 saturated carbocycles. The summed E-state index contributed by atoms with van der Waals surface area (Å²) < 4.78 is 1.92. The first-order valence-corrected chi connectivity index (χ1v) is 12.6. The quantitative estimate of drug-likeness (QED) is 0.259. The van der Waals surface area contributed by atoms with Crippen molar-refractivity contribution < 1.29 is 4.92 Å². The van der Waals surface area contributed by atoms with Crippen molar-refractivity contribution in [3.05, 3.63) is 64.6 Å². The van der Waals surface area contributed by atoms with Crippen molar-refractivity contribution in [3.8, 4) is 0 Å². The monoisotopic (exact) mass is 532 g/mol. The smallest absolute Gasteiger partial charge is 0.287 e. The number of halogens is 2. The number of nitrogens with zero attached hydrogens (tertiary/aromatic N) is 1. The number of hydrogen-bond donors (Lipinski definition) is 1. The molecule has 6 heteroatoms. The van der Waals surface area contributed by atoms with E-state index in [9.17, 15) is 10.1 Å². The van der Waals surface area contributed by atoms with Crippen LogP contribution in [0.1, 0.15) is 83.7 Å². The number of benzene rings is 2. The molecule has 0 aromatic heterocycles. The van der Waals surface area contributed by atoms with Crippen LogP contribution < -0.4 is 5.73 Å². The normalized spacial score (nSPS) is 19.1. The van der Waals surface area contributed by atoms with E-state index < -0.39 is 0 Å². The van der Waals surface area contributed by atoms with Crippen molar-refractivity contribution in [3.63, 3.8) is 0 Å². The van der Waals surface area contributed by atoms with Gasteiger partial charge < -0.3 is 5.73 Å². The van der Waals surface area contributed by atoms with E-state index in [0.717, 1.165) is 46.5 Å². The number of hydrogen-bond acceptors (Lipinski definition) is 3. The van der Waals surface area contributed by atoms with Gasteiger partial charge in [0.05, 0.1) is 9.40 Å². The first-order valence-electron chi connectivity index (χ1n) is 11.0. The second-order valence-corrected chi connectivity index (χ2v) is 10.7. The highest BCUT2D eigenvalue weighted by molar-refractivity contribution is 9.11. The highest BCUT2D eigenvalue weighted by Crippen LogP contribution is 2.49. The molecule has 4 aliphatic carbocycles. The van der Waals surface area contributed by atoms with Crippen LogP contribution in [0.2, 0.25) is 0 Å². The molecular formula is C24H26Br2N2O2. The summed E-state index contributed by atoms with van der Waals surface area (Å²) in [4.78, 5) is 10.9. The lowest BCUT2D eigenvalue weighted by Crippen LogP contribution is -1.99. The standard InChI is InChI=1S/C12H12BrNO2.C12H14BrN/c13-11-10(7-4-5-7)6-8-2-1-3-9(8)12(11)14(15)16;13-11-10(7-4-5-7)6-8-2-1-3-9(8)12(11)14/h6-7H,1-5H2;6-7H,1-5,14H2. The van der Waals surface area contributed by atoms with E-state index in [1.54, 1.807) is 0 Å². The predicted molar refractivity (Wildman–Crippen MR) is 127 cm³/mol. The van der Waals surface area contributed by atoms with Gasteiger partial charge in [-0.3, -0.25) is 10.1 Å². The summed E-state index contributed by atoms with van der Waals surface area (Å²) in [5, 5.41) is 11.2. The molecule has 0 radical (unpaired) electrons. The first-order chi connectivity index (χ1) is 14.5. The topological polar surface area (TPSA) is 69.2 Å². The molecule has 0 bridgehead atoms. The summed E-state index contributed by atoms with van der Waals surface area (Å²) in [6.45, 7) is 0. The molecule has 2 fully saturated rings. The van der Waals surface area contributed by atoms with Gasteiger partial charge in [-0.2, -0.15) is 0 Å². The summed E-state index contributed by atoms with van der Waals surface area (Å²) in [5.74, 6) is 1.34. The number of nitrogen functional groups attached to an aromatic ring is 1. The van der Waals surface area contributed by atoms with Crippen molar-refractivity contribution >= 4 is 43.2 Å². The Kier molecular flexibility index (Phi) is 5.42. The number of aryl methyl sites for hydroxylation is 2. The summed E-state index contributed by atoms with van der Waals surface area (Å²) in [7, 11) is 0. The van der Waals surface area contributed by atoms with E-state index in [1.807, 2.05) is 0 Å². The third-order valence-corrected chi connectivity index (χ3v) is 8.68. The van der Waals surface area contributed by atoms with Gasteiger partial charge in [0.15, 0.2) is 0 Å². The van der Waals surface area contributed by atoms with Crippen LogP contribution in [0.3, 0.4) is 0 Å². The van der Waals surface area contributed by atoms with E-state index >= 15 is 0 Å². The summed E-state index contributed by atoms with van der Waals surface area (Å²) in [5.41, 5.74) is 15.2. The van der Waals surface area contributed by atoms with Crippen molar-refractivity contribution in [1.29, 1.82) is 0 Å². The Labute approximate surface area is 194 Å². The van der Waals surface area contributed by atoms with E-state index in [1.165, 1.54) is 71.7 Å². The Hall–Kier alpha value is -1.40. The van der Waals surface area contributed by atoms with Crippen LogP contribution in [0.15, 0.2) is 21.1 Å². The van der Waals surface area contributed by atoms with Gasteiger partial charge in [0, 0.05) is 15.7 Å². The van der Waals surface area contributed by atoms with E-state index in [4.69, 9.17) is 5.73 Å². The Morgan fingerprint density at radius 1 is 0.833 bits per heavy atom. The molecule has 0 spiro atoms. The number of nitro groups is 1. The zero-order valence-electron chi connectivity index (χ0n) is 17.0. The van der Waals surface area contributed by atoms with Gasteiger partial charge in [-0.15, -0.1) is 0 Å². The van der Waals surface area contributed by atoms with Crippen LogP contribution in [-0.4, -0.2) is 4.92 Å². The second-order valence-electron chi connectivity index (χ2n) is 9.11. The van der Waals surface area contributed by atoms with Crippen LogP contribution in [-0.2, 0) is 25.7 Å². The van der Waals surface area contributed by atoms with Gasteiger partial charge in [-0.1, -0.05) is 12.1 Å². The molecule has 6 rings (SSSR count). The van der Waals surface area contributed by atoms with E-state index in [-0.39, 0.29) is 4.92 Å². The van der Waals surface area contributed by atoms with Crippen LogP contribution in [0.4, 0.5) is 11.4 Å². The minimum absolute atomic E-state index is 0.222. The molecule has 0 aliphatic heterocycles. The Bertz CT molecular complexity index is 1040. The van der Waals surface area contributed by atoms with Gasteiger partial charge in [0.1, 0.15) is 0 Å². The third-order valence-electron chi connectivity index (χ3n) is 6.96. The van der Waals surface area contributed by atoms with Gasteiger partial charge in [0.25, 0.3) is 5.69 Å². The molecule has 2 N–H and O–H groups in total. The molecule has 4 nitrogen and oxygen atoms in total. The maximum atomic E-state index is 11.2. The van der Waals surface area contributed by atoms with Crippen molar-refractivity contribution in [2.24, 2.45) is 0 Å². The number of nitrogens with two attached hydrogens (primary N) is 1. The summed E-state index contributed by atoms with van der Waals surface area (Å²) >= 11 is 7.08. The SMILES string of the molecule is Nc1c(Br)c(C2CC2)cc2c1CCC2.O=[N+]([O-])c1c(Br)c(C2CC2)cc2c1CCC2. The molecule has 2 aromatic rings. The number of fused-ring (bicyclic) bond motifs is 2. The lowest BCUT2D eigenvalue weighted by molar-refractivity contribution is -0.386. The van der Waals surface area contributed by atoms with E-state index in [2.05, 4.69) is 44.0 Å². The fraction of sp³-hybridized carbons (Fsp3) is 0.500. The van der Waals surface area contributed by atoms with Crippen LogP contribution in [0, 0.1) is 10.1 Å². The molecule has 2 aromatic carbocycles.